The molecule has 0 saturated carbocycles. The molecule has 32 heavy (non-hydrogen) atoms. The molecule has 8 heteroatoms. The Labute approximate surface area is 197 Å². The number of fused-ring (bicyclic) bond motifs is 1. The molecule has 3 heterocycles. The van der Waals surface area contributed by atoms with Gasteiger partial charge in [-0.3, -0.25) is 0 Å². The highest BCUT2D eigenvalue weighted by atomic mass is 35.5. The molecule has 0 aliphatic carbocycles. The van der Waals surface area contributed by atoms with Crippen LogP contribution in [0.1, 0.15) is 26.3 Å². The van der Waals surface area contributed by atoms with Gasteiger partial charge in [-0.15, -0.1) is 0 Å². The lowest BCUT2D eigenvalue weighted by Gasteiger charge is -2.19. The predicted octanol–water partition coefficient (Wildman–Crippen LogP) is 6.48. The number of nitrogens with one attached hydrogen (secondary N) is 1. The summed E-state index contributed by atoms with van der Waals surface area (Å²) in [6.07, 6.45) is 0. The lowest BCUT2D eigenvalue weighted by atomic mass is 9.87. The number of rotatable bonds is 6. The Morgan fingerprint density at radius 3 is 2.38 bits per heavy atom. The van der Waals surface area contributed by atoms with Crippen molar-refractivity contribution < 1.29 is 9.47 Å². The first-order valence-corrected chi connectivity index (χ1v) is 11.3. The summed E-state index contributed by atoms with van der Waals surface area (Å²) in [5, 5.41) is 5.37. The zero-order valence-electron chi connectivity index (χ0n) is 18.6. The van der Waals surface area contributed by atoms with Crippen LogP contribution >= 0.6 is 23.5 Å². The van der Waals surface area contributed by atoms with Gasteiger partial charge < -0.3 is 14.2 Å². The van der Waals surface area contributed by atoms with Crippen molar-refractivity contribution in [2.45, 2.75) is 31.1 Å². The van der Waals surface area contributed by atoms with E-state index in [1.807, 2.05) is 24.3 Å². The van der Waals surface area contributed by atoms with Crippen molar-refractivity contribution in [3.63, 3.8) is 0 Å². The fraction of sp³-hybridized carbons (Fsp3) is 0.250. The smallest absolute Gasteiger partial charge is 0.226 e. The monoisotopic (exact) mass is 468 g/mol. The van der Waals surface area contributed by atoms with Gasteiger partial charge >= 0.3 is 0 Å². The molecule has 3 aromatic heterocycles. The Balaban J connectivity index is 1.64. The Morgan fingerprint density at radius 1 is 0.969 bits per heavy atom. The van der Waals surface area contributed by atoms with Crippen molar-refractivity contribution >= 4 is 34.9 Å². The summed E-state index contributed by atoms with van der Waals surface area (Å²) in [5.74, 6) is 1.72. The molecule has 0 atom stereocenters. The van der Waals surface area contributed by atoms with Crippen molar-refractivity contribution in [1.29, 1.82) is 0 Å². The summed E-state index contributed by atoms with van der Waals surface area (Å²) >= 11 is 7.99. The molecule has 4 rings (SSSR count). The molecule has 0 aliphatic rings. The van der Waals surface area contributed by atoms with Crippen LogP contribution in [-0.4, -0.2) is 28.8 Å². The first-order valence-electron chi connectivity index (χ1n) is 10.1. The largest absolute Gasteiger partial charge is 0.481 e. The second-order valence-corrected chi connectivity index (χ2v) is 9.57. The van der Waals surface area contributed by atoms with E-state index in [9.17, 15) is 0 Å². The molecule has 0 radical (unpaired) electrons. The van der Waals surface area contributed by atoms with Crippen LogP contribution < -0.4 is 14.2 Å². The van der Waals surface area contributed by atoms with Gasteiger partial charge in [0.2, 0.25) is 11.8 Å². The van der Waals surface area contributed by atoms with E-state index in [4.69, 9.17) is 26.2 Å². The van der Waals surface area contributed by atoms with Gasteiger partial charge in [0.1, 0.15) is 5.82 Å². The number of ether oxygens (including phenoxy) is 2. The minimum absolute atomic E-state index is 0.127. The summed E-state index contributed by atoms with van der Waals surface area (Å²) < 4.78 is 15.8. The molecule has 0 bridgehead atoms. The third-order valence-corrected chi connectivity index (χ3v) is 6.22. The maximum Gasteiger partial charge on any atom is 0.226 e. The molecule has 0 saturated heterocycles. The third kappa shape index (κ3) is 4.49. The van der Waals surface area contributed by atoms with Crippen LogP contribution in [0.4, 0.5) is 5.82 Å². The Hall–Kier alpha value is -2.90. The van der Waals surface area contributed by atoms with E-state index in [0.29, 0.717) is 22.5 Å². The molecule has 6 nitrogen and oxygen atoms in total. The van der Waals surface area contributed by atoms with E-state index in [1.165, 1.54) is 17.5 Å². The molecule has 0 unspecified atom stereocenters. The minimum atomic E-state index is 0.127. The Bertz CT molecular complexity index is 1250. The predicted molar refractivity (Wildman–Crippen MR) is 131 cm³/mol. The van der Waals surface area contributed by atoms with Gasteiger partial charge in [0, 0.05) is 11.0 Å². The average Bonchev–Trinajstić information content (AvgIpc) is 3.24. The average molecular weight is 469 g/mol. The zero-order chi connectivity index (χ0) is 22.9. The summed E-state index contributed by atoms with van der Waals surface area (Å²) in [4.78, 5) is 5.46. The number of anilines is 1. The van der Waals surface area contributed by atoms with Gasteiger partial charge in [-0.1, -0.05) is 44.5 Å². The van der Waals surface area contributed by atoms with E-state index in [1.54, 1.807) is 24.8 Å². The molecule has 0 fully saturated rings. The van der Waals surface area contributed by atoms with Gasteiger partial charge in [-0.25, -0.2) is 4.52 Å². The fourth-order valence-electron chi connectivity index (χ4n) is 3.27. The van der Waals surface area contributed by atoms with E-state index in [0.717, 1.165) is 21.8 Å². The maximum atomic E-state index is 6.47. The quantitative estimate of drug-likeness (QED) is 0.326. The summed E-state index contributed by atoms with van der Waals surface area (Å²) in [7, 11) is 3.14. The normalized spacial score (nSPS) is 11.6. The fourth-order valence-corrected chi connectivity index (χ4v) is 4.12. The molecular weight excluding hydrogens is 444 g/mol. The number of benzene rings is 1. The van der Waals surface area contributed by atoms with Crippen LogP contribution in [0.15, 0.2) is 59.5 Å². The van der Waals surface area contributed by atoms with Crippen LogP contribution in [0.3, 0.4) is 0 Å². The summed E-state index contributed by atoms with van der Waals surface area (Å²) in [6, 6.07) is 17.9. The molecule has 1 N–H and O–H groups in total. The molecule has 0 amide bonds. The number of halogens is 1. The van der Waals surface area contributed by atoms with Crippen molar-refractivity contribution in [2.75, 3.05) is 18.9 Å². The minimum Gasteiger partial charge on any atom is -0.481 e. The van der Waals surface area contributed by atoms with Crippen molar-refractivity contribution in [3.8, 4) is 23.0 Å². The lowest BCUT2D eigenvalue weighted by Crippen LogP contribution is -2.10. The van der Waals surface area contributed by atoms with Gasteiger partial charge in [0.05, 0.1) is 36.0 Å². The van der Waals surface area contributed by atoms with Gasteiger partial charge in [-0.05, 0) is 59.3 Å². The highest BCUT2D eigenvalue weighted by Crippen LogP contribution is 2.34. The topological polar surface area (TPSA) is 60.7 Å². The number of pyridine rings is 2. The third-order valence-electron chi connectivity index (χ3n) is 5.08. The van der Waals surface area contributed by atoms with Crippen molar-refractivity contribution in [1.82, 2.24) is 14.6 Å². The molecule has 0 spiro atoms. The van der Waals surface area contributed by atoms with Gasteiger partial charge in [0.15, 0.2) is 0 Å². The standard InChI is InChI=1S/C24H25ClN4O2S/c1-24(2,3)15-6-8-16(9-7-15)32-28-21-12-11-18(25)20-14-19(27-29(20)21)17-10-13-22(30-4)26-23(17)31-5/h6-14,28H,1-5H3. The number of nitrogens with zero attached hydrogens (tertiary/aromatic N) is 3. The zero-order valence-corrected chi connectivity index (χ0v) is 20.2. The summed E-state index contributed by atoms with van der Waals surface area (Å²) in [6.45, 7) is 6.63. The Kier molecular flexibility index (Phi) is 6.22. The van der Waals surface area contributed by atoms with Crippen LogP contribution in [0, 0.1) is 0 Å². The number of hydrogen-bond donors (Lipinski definition) is 1. The second kappa shape index (κ2) is 8.92. The summed E-state index contributed by atoms with van der Waals surface area (Å²) in [5.41, 5.74) is 3.67. The Morgan fingerprint density at radius 2 is 1.72 bits per heavy atom. The van der Waals surface area contributed by atoms with E-state index in [2.05, 4.69) is 54.7 Å². The highest BCUT2D eigenvalue weighted by Gasteiger charge is 2.16. The van der Waals surface area contributed by atoms with Gasteiger partial charge in [-0.2, -0.15) is 10.1 Å². The van der Waals surface area contributed by atoms with Crippen LogP contribution in [-0.2, 0) is 5.41 Å². The number of hydrogen-bond acceptors (Lipinski definition) is 6. The highest BCUT2D eigenvalue weighted by molar-refractivity contribution is 8.00. The van der Waals surface area contributed by atoms with E-state index < -0.39 is 0 Å². The molecule has 1 aromatic carbocycles. The second-order valence-electron chi connectivity index (χ2n) is 8.28. The maximum absolute atomic E-state index is 6.47. The van der Waals surface area contributed by atoms with Crippen molar-refractivity contribution in [2.24, 2.45) is 0 Å². The number of methoxy groups -OCH3 is 2. The van der Waals surface area contributed by atoms with Crippen molar-refractivity contribution in [3.05, 3.63) is 65.2 Å². The lowest BCUT2D eigenvalue weighted by molar-refractivity contribution is 0.366. The molecule has 4 aromatic rings. The molecular formula is C24H25ClN4O2S. The van der Waals surface area contributed by atoms with Crippen LogP contribution in [0.2, 0.25) is 5.02 Å². The van der Waals surface area contributed by atoms with Gasteiger partial charge in [0.25, 0.3) is 0 Å². The SMILES string of the molecule is COc1ccc(-c2cc3c(Cl)ccc(NSc4ccc(C(C)(C)C)cc4)n3n2)c(OC)n1. The van der Waals surface area contributed by atoms with Crippen LogP contribution in [0.25, 0.3) is 16.8 Å². The first kappa shape index (κ1) is 22.3. The van der Waals surface area contributed by atoms with E-state index in [-0.39, 0.29) is 5.41 Å². The van der Waals surface area contributed by atoms with E-state index >= 15 is 0 Å². The first-order chi connectivity index (χ1) is 15.3. The number of aromatic nitrogens is 3. The molecule has 0 aliphatic heterocycles. The van der Waals surface area contributed by atoms with Crippen LogP contribution in [0.5, 0.6) is 11.8 Å². The molecule has 166 valence electrons.